The number of hydrogen-bond acceptors (Lipinski definition) is 10. The molecule has 6 unspecified atom stereocenters. The number of aliphatic hydroxyl groups excluding tert-OH is 1. The lowest BCUT2D eigenvalue weighted by Crippen LogP contribution is -2.60. The number of ether oxygens (including phenoxy) is 3. The highest BCUT2D eigenvalue weighted by atomic mass is 31.2. The van der Waals surface area contributed by atoms with Gasteiger partial charge in [-0.25, -0.2) is 19.0 Å². The summed E-state index contributed by atoms with van der Waals surface area (Å²) < 4.78 is 66.2. The number of H-pyrrole nitrogens is 1. The highest BCUT2D eigenvalue weighted by Crippen LogP contribution is 2.48. The lowest BCUT2D eigenvalue weighted by molar-refractivity contribution is -0.786. The fraction of sp³-hybridized carbons (Fsp3) is 0.727. The number of halogens is 2. The van der Waals surface area contributed by atoms with E-state index < -0.39 is 80.1 Å². The zero-order valence-electron chi connectivity index (χ0n) is 22.8. The molecule has 0 aromatic carbocycles. The molecule has 222 valence electrons. The quantitative estimate of drug-likeness (QED) is 0.130. The van der Waals surface area contributed by atoms with Gasteiger partial charge < -0.3 is 20.3 Å². The maximum absolute atomic E-state index is 15.9. The van der Waals surface area contributed by atoms with E-state index in [4.69, 9.17) is 24.5 Å². The molecule has 1 aliphatic rings. The minimum absolute atomic E-state index is 0.0569. The lowest BCUT2D eigenvalue weighted by atomic mass is 9.97. The molecular formula is C22H37F2N5O9P+. The summed E-state index contributed by atoms with van der Waals surface area (Å²) in [5, 5.41) is 15.2. The van der Waals surface area contributed by atoms with Crippen LogP contribution in [0.1, 0.15) is 54.7 Å². The Balaban J connectivity index is 2.32. The van der Waals surface area contributed by atoms with Crippen molar-refractivity contribution >= 4 is 25.4 Å². The van der Waals surface area contributed by atoms with Crippen LogP contribution in [0.15, 0.2) is 17.1 Å². The maximum atomic E-state index is 15.9. The van der Waals surface area contributed by atoms with Gasteiger partial charge in [0.2, 0.25) is 11.9 Å². The number of nitrogens with two attached hydrogens (primary N) is 1. The molecule has 0 amide bonds. The third kappa shape index (κ3) is 8.02. The molecule has 1 aliphatic heterocycles. The molecule has 2 heterocycles. The molecular weight excluding hydrogens is 547 g/mol. The smallest absolute Gasteiger partial charge is 0.462 e. The van der Waals surface area contributed by atoms with E-state index in [1.165, 1.54) is 19.9 Å². The SMILES string of the molecule is CC(C)OC(=O)C(C)NP(=O)(NC(C)C(=O)OC(C)C)OCC1(F)OC([n+]2ccc(N)[nH]c2=O)C(C)(F)C1O. The van der Waals surface area contributed by atoms with Gasteiger partial charge in [0.05, 0.1) is 12.2 Å². The fourth-order valence-electron chi connectivity index (χ4n) is 3.58. The van der Waals surface area contributed by atoms with Crippen molar-refractivity contribution < 1.29 is 51.3 Å². The predicted octanol–water partition coefficient (Wildman–Crippen LogP) is 0.512. The fourth-order valence-corrected chi connectivity index (χ4v) is 5.39. The van der Waals surface area contributed by atoms with Crippen molar-refractivity contribution in [3.63, 3.8) is 0 Å². The number of alkyl halides is 2. The second-order valence-corrected chi connectivity index (χ2v) is 11.8. The van der Waals surface area contributed by atoms with Crippen molar-refractivity contribution in [2.24, 2.45) is 0 Å². The normalized spacial score (nSPS) is 28.2. The zero-order chi connectivity index (χ0) is 29.9. The summed E-state index contributed by atoms with van der Waals surface area (Å²) in [6.45, 7) is 8.36. The van der Waals surface area contributed by atoms with Crippen LogP contribution >= 0.6 is 7.67 Å². The molecule has 0 aliphatic carbocycles. The molecule has 0 radical (unpaired) electrons. The monoisotopic (exact) mass is 584 g/mol. The Morgan fingerprint density at radius 3 is 2.08 bits per heavy atom. The summed E-state index contributed by atoms with van der Waals surface area (Å²) >= 11 is 0. The number of carbonyl (C=O) groups excluding carboxylic acids is 2. The lowest BCUT2D eigenvalue weighted by Gasteiger charge is -2.29. The van der Waals surface area contributed by atoms with E-state index in [9.17, 15) is 24.1 Å². The second-order valence-electron chi connectivity index (χ2n) is 9.92. The van der Waals surface area contributed by atoms with Crippen LogP contribution in [0.5, 0.6) is 0 Å². The van der Waals surface area contributed by atoms with Gasteiger partial charge in [-0.15, -0.1) is 0 Å². The third-order valence-corrected chi connectivity index (χ3v) is 7.41. The molecule has 6 N–H and O–H groups in total. The number of hydrogen-bond donors (Lipinski definition) is 5. The highest BCUT2D eigenvalue weighted by molar-refractivity contribution is 7.54. The molecule has 1 fully saturated rings. The number of carbonyl (C=O) groups is 2. The Morgan fingerprint density at radius 2 is 1.64 bits per heavy atom. The standard InChI is InChI=1S/C22H36F2N5O9P/c1-11(2)36-16(30)13(5)27-39(34,28-14(6)17(31)37-12(3)4)35-10-22(24)18(32)21(7,23)19(38-22)29-9-8-15(25)26-20(29)33/h8-9,11-14,18-19,32H,10H2,1-7H3,(H4,25,26,27,28,33,34)/p+1. The molecule has 6 atom stereocenters. The van der Waals surface area contributed by atoms with Gasteiger partial charge in [-0.05, 0) is 48.5 Å². The summed E-state index contributed by atoms with van der Waals surface area (Å²) in [7, 11) is -4.54. The molecule has 1 saturated heterocycles. The first-order valence-corrected chi connectivity index (χ1v) is 13.8. The van der Waals surface area contributed by atoms with E-state index in [0.717, 1.165) is 13.1 Å². The van der Waals surface area contributed by atoms with Crippen molar-refractivity contribution in [1.82, 2.24) is 15.2 Å². The molecule has 39 heavy (non-hydrogen) atoms. The number of rotatable bonds is 12. The van der Waals surface area contributed by atoms with Gasteiger partial charge in [-0.1, -0.05) is 0 Å². The Kier molecular flexibility index (Phi) is 10.4. The van der Waals surface area contributed by atoms with Crippen molar-refractivity contribution in [1.29, 1.82) is 0 Å². The minimum Gasteiger partial charge on any atom is -0.462 e. The topological polar surface area (TPSA) is 195 Å². The predicted molar refractivity (Wildman–Crippen MR) is 132 cm³/mol. The van der Waals surface area contributed by atoms with Crippen LogP contribution in [-0.4, -0.2) is 70.6 Å². The number of nitrogens with zero attached hydrogens (tertiary/aromatic N) is 1. The number of nitrogen functional groups attached to an aromatic ring is 1. The van der Waals surface area contributed by atoms with Gasteiger partial charge in [0.15, 0.2) is 11.9 Å². The molecule has 1 aromatic heterocycles. The number of nitrogens with one attached hydrogen (secondary N) is 3. The third-order valence-electron chi connectivity index (χ3n) is 5.47. The molecule has 1 aromatic rings. The number of esters is 2. The van der Waals surface area contributed by atoms with Crippen LogP contribution in [0.4, 0.5) is 14.6 Å². The summed E-state index contributed by atoms with van der Waals surface area (Å²) in [6.07, 6.45) is -4.50. The number of aromatic nitrogens is 2. The summed E-state index contributed by atoms with van der Waals surface area (Å²) in [5.74, 6) is -5.07. The van der Waals surface area contributed by atoms with Gasteiger partial charge in [-0.3, -0.25) is 23.4 Å². The average Bonchev–Trinajstić information content (AvgIpc) is 2.97. The van der Waals surface area contributed by atoms with Crippen LogP contribution in [0.2, 0.25) is 0 Å². The highest BCUT2D eigenvalue weighted by Gasteiger charge is 2.67. The number of aliphatic hydroxyl groups is 1. The van der Waals surface area contributed by atoms with E-state index in [1.807, 2.05) is 0 Å². The van der Waals surface area contributed by atoms with E-state index in [0.29, 0.717) is 4.57 Å². The second kappa shape index (κ2) is 12.4. The number of aromatic amines is 1. The van der Waals surface area contributed by atoms with Crippen molar-refractivity contribution in [3.05, 3.63) is 22.7 Å². The molecule has 17 heteroatoms. The molecule has 0 spiro atoms. The first-order chi connectivity index (χ1) is 17.8. The van der Waals surface area contributed by atoms with Gasteiger partial charge in [0.25, 0.3) is 5.85 Å². The van der Waals surface area contributed by atoms with E-state index in [-0.39, 0.29) is 5.82 Å². The van der Waals surface area contributed by atoms with Crippen molar-refractivity contribution in [2.75, 3.05) is 12.3 Å². The van der Waals surface area contributed by atoms with Gasteiger partial charge >= 0.3 is 25.3 Å². The van der Waals surface area contributed by atoms with Gasteiger partial charge in [-0.2, -0.15) is 14.3 Å². The van der Waals surface area contributed by atoms with Crippen LogP contribution in [0.25, 0.3) is 0 Å². The van der Waals surface area contributed by atoms with Crippen LogP contribution < -0.4 is 26.2 Å². The summed E-state index contributed by atoms with van der Waals surface area (Å²) in [5.41, 5.74) is 1.66. The van der Waals surface area contributed by atoms with Crippen LogP contribution in [-0.2, 0) is 32.9 Å². The first-order valence-electron chi connectivity index (χ1n) is 12.2. The molecule has 14 nitrogen and oxygen atoms in total. The van der Waals surface area contributed by atoms with Gasteiger partial charge in [0.1, 0.15) is 24.9 Å². The van der Waals surface area contributed by atoms with Crippen molar-refractivity contribution in [3.8, 4) is 0 Å². The average molecular weight is 585 g/mol. The zero-order valence-corrected chi connectivity index (χ0v) is 23.7. The molecule has 0 saturated carbocycles. The van der Waals surface area contributed by atoms with Gasteiger partial charge in [0, 0.05) is 6.07 Å². The summed E-state index contributed by atoms with van der Waals surface area (Å²) in [4.78, 5) is 39.1. The Labute approximate surface area is 224 Å². The van der Waals surface area contributed by atoms with E-state index >= 15 is 8.78 Å². The largest absolute Gasteiger partial charge is 0.499 e. The Bertz CT molecular complexity index is 1120. The first kappa shape index (κ1) is 32.7. The maximum Gasteiger partial charge on any atom is 0.499 e. The minimum atomic E-state index is -4.54. The summed E-state index contributed by atoms with van der Waals surface area (Å²) in [6, 6.07) is -1.38. The molecule has 0 bridgehead atoms. The van der Waals surface area contributed by atoms with Crippen LogP contribution in [0.3, 0.4) is 0 Å². The van der Waals surface area contributed by atoms with Crippen molar-refractivity contribution in [2.45, 2.75) is 96.6 Å². The van der Waals surface area contributed by atoms with E-state index in [1.54, 1.807) is 27.7 Å². The van der Waals surface area contributed by atoms with E-state index in [2.05, 4.69) is 15.2 Å². The molecule has 2 rings (SSSR count). The van der Waals surface area contributed by atoms with Crippen LogP contribution in [0, 0.1) is 0 Å². The Hall–Kier alpha value is -2.49. The Morgan fingerprint density at radius 1 is 1.15 bits per heavy atom. The number of anilines is 1.